The fraction of sp³-hybridized carbons (Fsp3) is 0.235. The van der Waals surface area contributed by atoms with Crippen LogP contribution in [0.5, 0.6) is 0 Å². The quantitative estimate of drug-likeness (QED) is 0.648. The van der Waals surface area contributed by atoms with Gasteiger partial charge in [-0.2, -0.15) is 0 Å². The van der Waals surface area contributed by atoms with Crippen molar-refractivity contribution in [1.29, 1.82) is 0 Å². The van der Waals surface area contributed by atoms with Crippen LogP contribution in [0.4, 0.5) is 5.69 Å². The number of nitrogens with one attached hydrogen (secondary N) is 1. The van der Waals surface area contributed by atoms with E-state index in [1.165, 1.54) is 0 Å². The maximum absolute atomic E-state index is 9.68. The van der Waals surface area contributed by atoms with Crippen molar-refractivity contribution in [2.24, 2.45) is 0 Å². The fourth-order valence-electron chi connectivity index (χ4n) is 2.61. The number of hydrogen-bond acceptors (Lipinski definition) is 4. The van der Waals surface area contributed by atoms with Gasteiger partial charge in [-0.05, 0) is 24.3 Å². The van der Waals surface area contributed by atoms with E-state index >= 15 is 0 Å². The minimum atomic E-state index is -0.809. The second kappa shape index (κ2) is 6.99. The van der Waals surface area contributed by atoms with Crippen LogP contribution in [-0.4, -0.2) is 46.5 Å². The zero-order valence-corrected chi connectivity index (χ0v) is 14.5. The molecule has 0 saturated heterocycles. The molecule has 0 aliphatic carbocycles. The maximum Gasteiger partial charge on any atom is 0.140 e. The van der Waals surface area contributed by atoms with E-state index in [4.69, 9.17) is 28.3 Å². The van der Waals surface area contributed by atoms with E-state index in [9.17, 15) is 5.11 Å². The van der Waals surface area contributed by atoms with E-state index in [0.29, 0.717) is 22.4 Å². The van der Waals surface area contributed by atoms with Crippen LogP contribution in [0, 0.1) is 0 Å². The average Bonchev–Trinajstić information content (AvgIpc) is 2.97. The highest BCUT2D eigenvalue weighted by atomic mass is 35.5. The number of nitrogens with zero attached hydrogens (tertiary/aromatic N) is 2. The third kappa shape index (κ3) is 3.35. The molecule has 3 N–H and O–H groups in total. The first kappa shape index (κ1) is 17.0. The summed E-state index contributed by atoms with van der Waals surface area (Å²) in [6, 6.07) is 11.2. The molecular weight excluding hydrogens is 349 g/mol. The Bertz CT molecular complexity index is 827. The number of anilines is 1. The summed E-state index contributed by atoms with van der Waals surface area (Å²) in [5.41, 5.74) is 3.30. The summed E-state index contributed by atoms with van der Waals surface area (Å²) in [6.07, 6.45) is -0.809. The van der Waals surface area contributed by atoms with Gasteiger partial charge in [0.2, 0.25) is 0 Å². The van der Waals surface area contributed by atoms with Crippen LogP contribution >= 0.6 is 23.2 Å². The molecule has 3 aromatic rings. The van der Waals surface area contributed by atoms with Crippen molar-refractivity contribution < 1.29 is 10.2 Å². The molecule has 0 fully saturated rings. The van der Waals surface area contributed by atoms with Crippen LogP contribution in [-0.2, 0) is 0 Å². The Hall–Kier alpha value is -1.79. The molecule has 7 heteroatoms. The first-order valence-electron chi connectivity index (χ1n) is 7.44. The van der Waals surface area contributed by atoms with Crippen molar-refractivity contribution in [2.45, 2.75) is 6.10 Å². The van der Waals surface area contributed by atoms with Crippen molar-refractivity contribution in [2.75, 3.05) is 25.1 Å². The Kier molecular flexibility index (Phi) is 4.96. The van der Waals surface area contributed by atoms with Gasteiger partial charge in [-0.15, -0.1) is 0 Å². The van der Waals surface area contributed by atoms with Gasteiger partial charge in [0.05, 0.1) is 33.8 Å². The van der Waals surface area contributed by atoms with Crippen LogP contribution in [0.2, 0.25) is 10.0 Å². The van der Waals surface area contributed by atoms with Crippen LogP contribution < -0.4 is 4.90 Å². The molecule has 0 saturated carbocycles. The molecule has 0 radical (unpaired) electrons. The second-order valence-electron chi connectivity index (χ2n) is 5.60. The van der Waals surface area contributed by atoms with Gasteiger partial charge in [0.15, 0.2) is 0 Å². The van der Waals surface area contributed by atoms with Crippen molar-refractivity contribution >= 4 is 39.9 Å². The van der Waals surface area contributed by atoms with Crippen LogP contribution in [0.3, 0.4) is 0 Å². The summed E-state index contributed by atoms with van der Waals surface area (Å²) in [7, 11) is 1.86. The zero-order chi connectivity index (χ0) is 17.3. The number of benzene rings is 2. The molecule has 3 rings (SSSR count). The zero-order valence-electron chi connectivity index (χ0n) is 13.0. The highest BCUT2D eigenvalue weighted by molar-refractivity contribution is 6.42. The Morgan fingerprint density at radius 1 is 1.21 bits per heavy atom. The van der Waals surface area contributed by atoms with E-state index in [-0.39, 0.29) is 6.61 Å². The minimum Gasteiger partial charge on any atom is -0.394 e. The lowest BCUT2D eigenvalue weighted by Crippen LogP contribution is -2.31. The summed E-state index contributed by atoms with van der Waals surface area (Å²) in [5.74, 6) is 0.685. The molecule has 1 unspecified atom stereocenters. The standard InChI is InChI=1S/C17H17Cl2N3O2/c1-22(8-10(24)9-23)16-5-3-2-4-11(16)17-20-14-6-12(18)13(19)7-15(14)21-17/h2-7,10,23-24H,8-9H2,1H3,(H,20,21). The molecule has 5 nitrogen and oxygen atoms in total. The third-order valence-corrected chi connectivity index (χ3v) is 4.51. The molecule has 0 aliphatic heterocycles. The van der Waals surface area contributed by atoms with Gasteiger partial charge in [0.1, 0.15) is 5.82 Å². The Balaban J connectivity index is 2.03. The molecule has 0 bridgehead atoms. The summed E-state index contributed by atoms with van der Waals surface area (Å²) >= 11 is 12.1. The second-order valence-corrected chi connectivity index (χ2v) is 6.42. The first-order chi connectivity index (χ1) is 11.5. The van der Waals surface area contributed by atoms with Gasteiger partial charge >= 0.3 is 0 Å². The largest absolute Gasteiger partial charge is 0.394 e. The predicted molar refractivity (Wildman–Crippen MR) is 97.9 cm³/mol. The SMILES string of the molecule is CN(CC(O)CO)c1ccccc1-c1nc2cc(Cl)c(Cl)cc2[nH]1. The summed E-state index contributed by atoms with van der Waals surface area (Å²) in [6.45, 7) is 0.0273. The highest BCUT2D eigenvalue weighted by Gasteiger charge is 2.15. The molecule has 1 aromatic heterocycles. The average molecular weight is 366 g/mol. The van der Waals surface area contributed by atoms with Crippen molar-refractivity contribution in [3.63, 3.8) is 0 Å². The van der Waals surface area contributed by atoms with Gasteiger partial charge in [-0.1, -0.05) is 35.3 Å². The van der Waals surface area contributed by atoms with Gasteiger partial charge in [0, 0.05) is 24.8 Å². The van der Waals surface area contributed by atoms with E-state index in [1.807, 2.05) is 36.2 Å². The van der Waals surface area contributed by atoms with Crippen molar-refractivity contribution in [3.8, 4) is 11.4 Å². The lowest BCUT2D eigenvalue weighted by Gasteiger charge is -2.23. The highest BCUT2D eigenvalue weighted by Crippen LogP contribution is 2.32. The smallest absolute Gasteiger partial charge is 0.140 e. The predicted octanol–water partition coefficient (Wildman–Crippen LogP) is 3.33. The van der Waals surface area contributed by atoms with Crippen LogP contribution in [0.1, 0.15) is 0 Å². The fourth-order valence-corrected chi connectivity index (χ4v) is 2.93. The minimum absolute atomic E-state index is 0.284. The molecule has 0 amide bonds. The topological polar surface area (TPSA) is 72.4 Å². The molecule has 2 aromatic carbocycles. The van der Waals surface area contributed by atoms with Gasteiger partial charge in [-0.25, -0.2) is 4.98 Å². The number of fused-ring (bicyclic) bond motifs is 1. The molecular formula is C17H17Cl2N3O2. The Morgan fingerprint density at radius 2 is 1.92 bits per heavy atom. The number of aliphatic hydroxyl groups is 2. The molecule has 126 valence electrons. The maximum atomic E-state index is 9.68. The molecule has 0 spiro atoms. The number of rotatable bonds is 5. The number of para-hydroxylation sites is 1. The number of aromatic amines is 1. The summed E-state index contributed by atoms with van der Waals surface area (Å²) in [4.78, 5) is 9.72. The number of halogens is 2. The number of aliphatic hydroxyl groups excluding tert-OH is 2. The monoisotopic (exact) mass is 365 g/mol. The number of H-pyrrole nitrogens is 1. The number of imidazole rings is 1. The van der Waals surface area contributed by atoms with Crippen molar-refractivity contribution in [3.05, 3.63) is 46.4 Å². The van der Waals surface area contributed by atoms with Gasteiger partial charge in [-0.3, -0.25) is 0 Å². The van der Waals surface area contributed by atoms with Crippen LogP contribution in [0.15, 0.2) is 36.4 Å². The number of hydrogen-bond donors (Lipinski definition) is 3. The summed E-state index contributed by atoms with van der Waals surface area (Å²) in [5, 5.41) is 19.7. The van der Waals surface area contributed by atoms with E-state index in [2.05, 4.69) is 9.97 Å². The molecule has 1 heterocycles. The number of likely N-dealkylation sites (N-methyl/N-ethyl adjacent to an activating group) is 1. The number of aromatic nitrogens is 2. The van der Waals surface area contributed by atoms with Gasteiger partial charge in [0.25, 0.3) is 0 Å². The van der Waals surface area contributed by atoms with E-state index in [1.54, 1.807) is 12.1 Å². The molecule has 1 atom stereocenters. The van der Waals surface area contributed by atoms with Crippen molar-refractivity contribution in [1.82, 2.24) is 9.97 Å². The Morgan fingerprint density at radius 3 is 2.67 bits per heavy atom. The third-order valence-electron chi connectivity index (χ3n) is 3.79. The molecule has 0 aliphatic rings. The van der Waals surface area contributed by atoms with E-state index in [0.717, 1.165) is 22.3 Å². The molecule has 24 heavy (non-hydrogen) atoms. The lowest BCUT2D eigenvalue weighted by atomic mass is 10.1. The van der Waals surface area contributed by atoms with Crippen LogP contribution in [0.25, 0.3) is 22.4 Å². The lowest BCUT2D eigenvalue weighted by molar-refractivity contribution is 0.101. The normalized spacial score (nSPS) is 12.5. The summed E-state index contributed by atoms with van der Waals surface area (Å²) < 4.78 is 0. The first-order valence-corrected chi connectivity index (χ1v) is 8.19. The van der Waals surface area contributed by atoms with E-state index < -0.39 is 6.10 Å². The Labute approximate surface area is 149 Å². The van der Waals surface area contributed by atoms with Gasteiger partial charge < -0.3 is 20.1 Å².